The van der Waals surface area contributed by atoms with Crippen molar-refractivity contribution in [2.45, 2.75) is 110 Å². The van der Waals surface area contributed by atoms with Gasteiger partial charge in [0.2, 0.25) is 0 Å². The fraction of sp³-hybridized carbons (Fsp3) is 0.944. The zero-order chi connectivity index (χ0) is 14.9. The molecule has 120 valence electrons. The fourth-order valence-corrected chi connectivity index (χ4v) is 2.19. The van der Waals surface area contributed by atoms with Gasteiger partial charge in [-0.25, -0.2) is 0 Å². The van der Waals surface area contributed by atoms with E-state index in [1.807, 2.05) is 0 Å². The monoisotopic (exact) mass is 284 g/mol. The summed E-state index contributed by atoms with van der Waals surface area (Å²) in [5, 5.41) is 8.46. The maximum absolute atomic E-state index is 10.3. The van der Waals surface area contributed by atoms with Crippen molar-refractivity contribution in [3.63, 3.8) is 0 Å². The average Bonchev–Trinajstić information content (AvgIpc) is 2.33. The Balaban J connectivity index is 0.000000760. The van der Waals surface area contributed by atoms with Gasteiger partial charge < -0.3 is 5.11 Å². The quantitative estimate of drug-likeness (QED) is 0.425. The first-order valence-corrected chi connectivity index (χ1v) is 8.99. The molecule has 0 spiro atoms. The Kier molecular flexibility index (Phi) is 16.1. The number of hydrogen-bond donors (Lipinski definition) is 1. The molecule has 0 unspecified atom stereocenters. The number of carboxylic acids is 1. The van der Waals surface area contributed by atoms with Gasteiger partial charge in [0.05, 0.1) is 0 Å². The van der Waals surface area contributed by atoms with Crippen LogP contribution in [0.3, 0.4) is 0 Å². The van der Waals surface area contributed by atoms with Gasteiger partial charge in [0.1, 0.15) is 0 Å². The van der Waals surface area contributed by atoms with E-state index < -0.39 is 5.97 Å². The highest BCUT2D eigenvalue weighted by Crippen LogP contribution is 2.15. The summed E-state index contributed by atoms with van der Waals surface area (Å²) in [7, 11) is 0. The molecule has 0 radical (unpaired) electrons. The van der Waals surface area contributed by atoms with Crippen molar-refractivity contribution in [3.05, 3.63) is 0 Å². The van der Waals surface area contributed by atoms with Crippen molar-refractivity contribution in [1.82, 2.24) is 0 Å². The molecule has 1 rings (SSSR count). The van der Waals surface area contributed by atoms with Crippen LogP contribution in [-0.4, -0.2) is 11.1 Å². The molecule has 2 heteroatoms. The third kappa shape index (κ3) is 17.5. The molecule has 20 heavy (non-hydrogen) atoms. The van der Waals surface area contributed by atoms with Crippen LogP contribution < -0.4 is 0 Å². The van der Waals surface area contributed by atoms with Gasteiger partial charge in [0.25, 0.3) is 0 Å². The molecule has 0 heterocycles. The van der Waals surface area contributed by atoms with Crippen LogP contribution in [0.5, 0.6) is 0 Å². The predicted molar refractivity (Wildman–Crippen MR) is 87.2 cm³/mol. The van der Waals surface area contributed by atoms with Crippen LogP contribution in [0.4, 0.5) is 0 Å². The van der Waals surface area contributed by atoms with Gasteiger partial charge in [-0.05, 0) is 6.42 Å². The predicted octanol–water partition coefficient (Wildman–Crippen LogP) is 6.33. The first-order chi connectivity index (χ1) is 9.77. The van der Waals surface area contributed by atoms with Crippen LogP contribution >= 0.6 is 0 Å². The summed E-state index contributed by atoms with van der Waals surface area (Å²) < 4.78 is 0. The molecule has 1 N–H and O–H groups in total. The van der Waals surface area contributed by atoms with E-state index in [4.69, 9.17) is 5.11 Å². The van der Waals surface area contributed by atoms with Crippen LogP contribution in [0.25, 0.3) is 0 Å². The SMILES string of the molecule is C1CCC1.CCCCCCCCCCCCCC(=O)O. The Labute approximate surface area is 126 Å². The molecular weight excluding hydrogens is 248 g/mol. The number of carbonyl (C=O) groups is 1. The third-order valence-electron chi connectivity index (χ3n) is 3.99. The van der Waals surface area contributed by atoms with E-state index in [1.165, 1.54) is 83.5 Å². The van der Waals surface area contributed by atoms with Crippen molar-refractivity contribution in [3.8, 4) is 0 Å². The van der Waals surface area contributed by atoms with Crippen molar-refractivity contribution < 1.29 is 9.90 Å². The van der Waals surface area contributed by atoms with E-state index in [-0.39, 0.29) is 0 Å². The van der Waals surface area contributed by atoms with E-state index >= 15 is 0 Å². The molecule has 0 aromatic rings. The van der Waals surface area contributed by atoms with Crippen LogP contribution in [0.1, 0.15) is 110 Å². The van der Waals surface area contributed by atoms with Gasteiger partial charge in [0.15, 0.2) is 0 Å². The summed E-state index contributed by atoms with van der Waals surface area (Å²) in [6.07, 6.45) is 20.4. The minimum absolute atomic E-state index is 0.344. The normalized spacial score (nSPS) is 13.2. The first-order valence-electron chi connectivity index (χ1n) is 8.99. The molecule has 0 amide bonds. The second kappa shape index (κ2) is 16.5. The highest BCUT2D eigenvalue weighted by molar-refractivity contribution is 5.66. The maximum Gasteiger partial charge on any atom is 0.303 e. The third-order valence-corrected chi connectivity index (χ3v) is 3.99. The van der Waals surface area contributed by atoms with Gasteiger partial charge >= 0.3 is 5.97 Å². The summed E-state index contributed by atoms with van der Waals surface area (Å²) in [5.74, 6) is -0.657. The zero-order valence-electron chi connectivity index (χ0n) is 13.7. The standard InChI is InChI=1S/C14H28O2.C4H8/c1-2-3-4-5-6-7-8-9-10-11-12-13-14(15)16;1-2-4-3-1/h2-13H2,1H3,(H,15,16);1-4H2. The molecule has 0 atom stereocenters. The van der Waals surface area contributed by atoms with E-state index in [0.717, 1.165) is 12.8 Å². The van der Waals surface area contributed by atoms with Gasteiger partial charge in [-0.3, -0.25) is 4.79 Å². The van der Waals surface area contributed by atoms with Gasteiger partial charge in [-0.1, -0.05) is 96.8 Å². The molecular formula is C18H36O2. The first kappa shape index (κ1) is 19.5. The topological polar surface area (TPSA) is 37.3 Å². The van der Waals surface area contributed by atoms with Crippen molar-refractivity contribution >= 4 is 5.97 Å². The lowest BCUT2D eigenvalue weighted by Crippen LogP contribution is -1.93. The number of rotatable bonds is 12. The summed E-state index contributed by atoms with van der Waals surface area (Å²) in [4.78, 5) is 10.3. The number of aliphatic carboxylic acids is 1. The minimum atomic E-state index is -0.657. The zero-order valence-corrected chi connectivity index (χ0v) is 13.7. The van der Waals surface area contributed by atoms with Crippen LogP contribution in [-0.2, 0) is 4.79 Å². The Bertz CT molecular complexity index is 194. The second-order valence-electron chi connectivity index (χ2n) is 6.09. The van der Waals surface area contributed by atoms with Crippen molar-refractivity contribution in [1.29, 1.82) is 0 Å². The molecule has 0 aliphatic heterocycles. The molecule has 0 aromatic heterocycles. The van der Waals surface area contributed by atoms with Gasteiger partial charge in [0, 0.05) is 6.42 Å². The summed E-state index contributed by atoms with van der Waals surface area (Å²) in [6, 6.07) is 0. The second-order valence-corrected chi connectivity index (χ2v) is 6.09. The Morgan fingerprint density at radius 2 is 1.05 bits per heavy atom. The van der Waals surface area contributed by atoms with E-state index in [0.29, 0.717) is 6.42 Å². The number of carboxylic acid groups (broad SMARTS) is 1. The molecule has 1 saturated carbocycles. The Hall–Kier alpha value is -0.530. The smallest absolute Gasteiger partial charge is 0.303 e. The van der Waals surface area contributed by atoms with Crippen molar-refractivity contribution in [2.75, 3.05) is 0 Å². The summed E-state index contributed by atoms with van der Waals surface area (Å²) in [5.41, 5.74) is 0. The summed E-state index contributed by atoms with van der Waals surface area (Å²) >= 11 is 0. The summed E-state index contributed by atoms with van der Waals surface area (Å²) in [6.45, 7) is 2.25. The number of hydrogen-bond acceptors (Lipinski definition) is 1. The minimum Gasteiger partial charge on any atom is -0.481 e. The number of unbranched alkanes of at least 4 members (excludes halogenated alkanes) is 10. The van der Waals surface area contributed by atoms with E-state index in [9.17, 15) is 4.79 Å². The Morgan fingerprint density at radius 3 is 1.35 bits per heavy atom. The Morgan fingerprint density at radius 1 is 0.700 bits per heavy atom. The highest BCUT2D eigenvalue weighted by atomic mass is 16.4. The fourth-order valence-electron chi connectivity index (χ4n) is 2.19. The van der Waals surface area contributed by atoms with E-state index in [2.05, 4.69) is 6.92 Å². The van der Waals surface area contributed by atoms with Crippen LogP contribution in [0.2, 0.25) is 0 Å². The maximum atomic E-state index is 10.3. The highest BCUT2D eigenvalue weighted by Gasteiger charge is 1.96. The van der Waals surface area contributed by atoms with E-state index in [1.54, 1.807) is 0 Å². The molecule has 2 nitrogen and oxygen atoms in total. The average molecular weight is 284 g/mol. The molecule has 1 fully saturated rings. The van der Waals surface area contributed by atoms with Crippen molar-refractivity contribution in [2.24, 2.45) is 0 Å². The lowest BCUT2D eigenvalue weighted by Gasteiger charge is -2.05. The van der Waals surface area contributed by atoms with Gasteiger partial charge in [-0.2, -0.15) is 0 Å². The molecule has 1 aliphatic carbocycles. The molecule has 0 bridgehead atoms. The lowest BCUT2D eigenvalue weighted by molar-refractivity contribution is -0.137. The molecule has 0 aromatic carbocycles. The largest absolute Gasteiger partial charge is 0.481 e. The molecule has 0 saturated heterocycles. The van der Waals surface area contributed by atoms with Crippen LogP contribution in [0, 0.1) is 0 Å². The van der Waals surface area contributed by atoms with Crippen LogP contribution in [0.15, 0.2) is 0 Å². The lowest BCUT2D eigenvalue weighted by atomic mass is 10.0. The van der Waals surface area contributed by atoms with Gasteiger partial charge in [-0.15, -0.1) is 0 Å². The molecule has 1 aliphatic rings.